The summed E-state index contributed by atoms with van der Waals surface area (Å²) in [6.45, 7) is 2.89. The molecule has 0 radical (unpaired) electrons. The molecule has 3 aromatic rings. The van der Waals surface area contributed by atoms with E-state index in [4.69, 9.17) is 10.5 Å². The number of pyridine rings is 1. The number of aryl methyl sites for hydroxylation is 1. The molecule has 0 amide bonds. The Labute approximate surface area is 154 Å². The Morgan fingerprint density at radius 1 is 1.35 bits per heavy atom. The maximum Gasteiger partial charge on any atom is 0.346 e. The lowest BCUT2D eigenvalue weighted by molar-refractivity contribution is 0.0701. The van der Waals surface area contributed by atoms with Gasteiger partial charge in [-0.2, -0.15) is 0 Å². The van der Waals surface area contributed by atoms with Crippen molar-refractivity contribution in [3.63, 3.8) is 0 Å². The van der Waals surface area contributed by atoms with Crippen LogP contribution in [0.5, 0.6) is 5.88 Å². The summed E-state index contributed by atoms with van der Waals surface area (Å²) in [5, 5.41) is 13.2. The van der Waals surface area contributed by atoms with E-state index in [1.165, 1.54) is 6.33 Å². The number of carbonyl (C=O) groups is 1. The van der Waals surface area contributed by atoms with E-state index in [9.17, 15) is 9.90 Å². The number of nitrogens with one attached hydrogen (secondary N) is 1. The fourth-order valence-corrected chi connectivity index (χ4v) is 3.50. The molecular weight excluding hydrogens is 354 g/mol. The van der Waals surface area contributed by atoms with Crippen LogP contribution in [0.2, 0.25) is 0 Å². The van der Waals surface area contributed by atoms with E-state index in [-0.39, 0.29) is 4.88 Å². The SMILES string of the molecule is Cc1c(C(=O)O)sc2ncnc(Nc3cccnc3OCCCCN)c12. The minimum Gasteiger partial charge on any atom is -0.477 e. The average Bonchev–Trinajstić information content (AvgIpc) is 2.98. The Bertz CT molecular complexity index is 928. The van der Waals surface area contributed by atoms with Crippen molar-refractivity contribution in [1.29, 1.82) is 0 Å². The number of rotatable bonds is 8. The van der Waals surface area contributed by atoms with E-state index in [0.29, 0.717) is 46.3 Å². The number of nitrogens with two attached hydrogens (primary N) is 1. The number of aromatic carboxylic acids is 1. The second-order valence-electron chi connectivity index (χ2n) is 5.59. The van der Waals surface area contributed by atoms with Crippen LogP contribution in [0.15, 0.2) is 24.7 Å². The minimum atomic E-state index is -0.971. The summed E-state index contributed by atoms with van der Waals surface area (Å²) in [6.07, 6.45) is 4.78. The van der Waals surface area contributed by atoms with Gasteiger partial charge < -0.3 is 20.9 Å². The van der Waals surface area contributed by atoms with Gasteiger partial charge in [0.2, 0.25) is 5.88 Å². The number of aromatic nitrogens is 3. The van der Waals surface area contributed by atoms with Crippen LogP contribution in [0, 0.1) is 6.92 Å². The molecule has 26 heavy (non-hydrogen) atoms. The van der Waals surface area contributed by atoms with E-state index in [2.05, 4.69) is 20.3 Å². The largest absolute Gasteiger partial charge is 0.477 e. The highest BCUT2D eigenvalue weighted by Crippen LogP contribution is 2.35. The van der Waals surface area contributed by atoms with Gasteiger partial charge in [0.05, 0.1) is 12.0 Å². The predicted octanol–water partition coefficient (Wildman–Crippen LogP) is 2.95. The van der Waals surface area contributed by atoms with E-state index < -0.39 is 5.97 Å². The highest BCUT2D eigenvalue weighted by molar-refractivity contribution is 7.20. The summed E-state index contributed by atoms with van der Waals surface area (Å²) in [4.78, 5) is 25.0. The molecule has 3 heterocycles. The first kappa shape index (κ1) is 18.0. The van der Waals surface area contributed by atoms with Crippen molar-refractivity contribution in [3.8, 4) is 5.88 Å². The van der Waals surface area contributed by atoms with Crippen LogP contribution in [0.3, 0.4) is 0 Å². The Kier molecular flexibility index (Phi) is 5.59. The molecule has 0 atom stereocenters. The highest BCUT2D eigenvalue weighted by Gasteiger charge is 2.19. The standard InChI is InChI=1S/C17H19N5O3S/c1-10-12-14(20-9-21-16(12)26-13(10)17(23)24)22-11-5-4-7-19-15(11)25-8-3-2-6-18/h4-5,7,9H,2-3,6,8,18H2,1H3,(H,23,24)(H,20,21,22). The molecule has 0 saturated heterocycles. The van der Waals surface area contributed by atoms with Crippen molar-refractivity contribution in [2.24, 2.45) is 5.73 Å². The number of fused-ring (bicyclic) bond motifs is 1. The molecule has 0 aliphatic rings. The molecular formula is C17H19N5O3S. The quantitative estimate of drug-likeness (QED) is 0.515. The molecule has 0 fully saturated rings. The van der Waals surface area contributed by atoms with E-state index >= 15 is 0 Å². The van der Waals surface area contributed by atoms with Crippen molar-refractivity contribution < 1.29 is 14.6 Å². The fraction of sp³-hybridized carbons (Fsp3) is 0.294. The van der Waals surface area contributed by atoms with Crippen LogP contribution < -0.4 is 15.8 Å². The first-order valence-corrected chi connectivity index (χ1v) is 8.95. The molecule has 0 aromatic carbocycles. The third-order valence-corrected chi connectivity index (χ3v) is 4.97. The number of hydrogen-bond acceptors (Lipinski definition) is 8. The van der Waals surface area contributed by atoms with Crippen molar-refractivity contribution in [1.82, 2.24) is 15.0 Å². The van der Waals surface area contributed by atoms with Crippen LogP contribution in [0.1, 0.15) is 28.1 Å². The third kappa shape index (κ3) is 3.73. The minimum absolute atomic E-state index is 0.257. The van der Waals surface area contributed by atoms with Crippen LogP contribution in [-0.2, 0) is 0 Å². The Balaban J connectivity index is 1.91. The monoisotopic (exact) mass is 373 g/mol. The molecule has 3 aromatic heterocycles. The van der Waals surface area contributed by atoms with Crippen LogP contribution in [0.4, 0.5) is 11.5 Å². The van der Waals surface area contributed by atoms with Crippen LogP contribution in [0.25, 0.3) is 10.2 Å². The van der Waals surface area contributed by atoms with Gasteiger partial charge in [0.25, 0.3) is 0 Å². The maximum atomic E-state index is 11.4. The van der Waals surface area contributed by atoms with Gasteiger partial charge in [-0.3, -0.25) is 0 Å². The van der Waals surface area contributed by atoms with Gasteiger partial charge in [0.15, 0.2) is 0 Å². The summed E-state index contributed by atoms with van der Waals surface area (Å²) >= 11 is 1.13. The van der Waals surface area contributed by atoms with E-state index in [1.54, 1.807) is 19.2 Å². The zero-order valence-corrected chi connectivity index (χ0v) is 15.0. The van der Waals surface area contributed by atoms with Crippen LogP contribution >= 0.6 is 11.3 Å². The van der Waals surface area contributed by atoms with Crippen molar-refractivity contribution >= 4 is 39.0 Å². The van der Waals surface area contributed by atoms with Crippen molar-refractivity contribution in [3.05, 3.63) is 35.1 Å². The zero-order valence-electron chi connectivity index (χ0n) is 14.2. The Morgan fingerprint density at radius 3 is 2.96 bits per heavy atom. The van der Waals surface area contributed by atoms with Crippen LogP contribution in [-0.4, -0.2) is 39.2 Å². The van der Waals surface area contributed by atoms with Gasteiger partial charge in [-0.05, 0) is 44.0 Å². The van der Waals surface area contributed by atoms with Crippen molar-refractivity contribution in [2.75, 3.05) is 18.5 Å². The normalized spacial score (nSPS) is 10.8. The second-order valence-corrected chi connectivity index (χ2v) is 6.59. The highest BCUT2D eigenvalue weighted by atomic mass is 32.1. The zero-order chi connectivity index (χ0) is 18.5. The Morgan fingerprint density at radius 2 is 2.19 bits per heavy atom. The van der Waals surface area contributed by atoms with Gasteiger partial charge in [-0.25, -0.2) is 19.7 Å². The molecule has 3 rings (SSSR count). The van der Waals surface area contributed by atoms with Gasteiger partial charge in [0.1, 0.15) is 27.5 Å². The third-order valence-electron chi connectivity index (χ3n) is 3.78. The lowest BCUT2D eigenvalue weighted by Crippen LogP contribution is -2.06. The first-order chi connectivity index (χ1) is 12.6. The predicted molar refractivity (Wildman–Crippen MR) is 100 cm³/mol. The molecule has 9 heteroatoms. The number of nitrogens with zero attached hydrogens (tertiary/aromatic N) is 3. The summed E-state index contributed by atoms with van der Waals surface area (Å²) in [7, 11) is 0. The molecule has 0 spiro atoms. The van der Waals surface area contributed by atoms with Gasteiger partial charge in [-0.1, -0.05) is 0 Å². The summed E-state index contributed by atoms with van der Waals surface area (Å²) in [6, 6.07) is 3.62. The summed E-state index contributed by atoms with van der Waals surface area (Å²) in [5.74, 6) is 0.0143. The topological polar surface area (TPSA) is 123 Å². The number of thiophene rings is 1. The Hall–Kier alpha value is -2.78. The lowest BCUT2D eigenvalue weighted by Gasteiger charge is -2.12. The second kappa shape index (κ2) is 8.07. The van der Waals surface area contributed by atoms with Gasteiger partial charge in [-0.15, -0.1) is 11.3 Å². The molecule has 8 nitrogen and oxygen atoms in total. The number of anilines is 2. The number of hydrogen-bond donors (Lipinski definition) is 3. The summed E-state index contributed by atoms with van der Waals surface area (Å²) < 4.78 is 5.73. The molecule has 0 aliphatic heterocycles. The van der Waals surface area contributed by atoms with Gasteiger partial charge in [0, 0.05) is 6.20 Å². The molecule has 0 unspecified atom stereocenters. The number of carboxylic acids is 1. The molecule has 0 saturated carbocycles. The van der Waals surface area contributed by atoms with E-state index in [1.807, 2.05) is 6.07 Å². The molecule has 0 aliphatic carbocycles. The maximum absolute atomic E-state index is 11.4. The molecule has 136 valence electrons. The fourth-order valence-electron chi connectivity index (χ4n) is 2.51. The summed E-state index contributed by atoms with van der Waals surface area (Å²) in [5.41, 5.74) is 6.78. The van der Waals surface area contributed by atoms with Gasteiger partial charge >= 0.3 is 5.97 Å². The number of carboxylic acid groups (broad SMARTS) is 1. The lowest BCUT2D eigenvalue weighted by atomic mass is 10.2. The first-order valence-electron chi connectivity index (χ1n) is 8.14. The smallest absolute Gasteiger partial charge is 0.346 e. The van der Waals surface area contributed by atoms with E-state index in [0.717, 1.165) is 24.2 Å². The number of unbranched alkanes of at least 4 members (excludes halogenated alkanes) is 1. The van der Waals surface area contributed by atoms with Crippen molar-refractivity contribution in [2.45, 2.75) is 19.8 Å². The molecule has 0 bridgehead atoms. The average molecular weight is 373 g/mol. The molecule has 4 N–H and O–H groups in total. The number of ether oxygens (including phenoxy) is 1.